The molecule has 1 aromatic carbocycles. The molecule has 0 bridgehead atoms. The highest BCUT2D eigenvalue weighted by Gasteiger charge is 2.35. The lowest BCUT2D eigenvalue weighted by Crippen LogP contribution is -2.46. The molecule has 0 saturated carbocycles. The highest BCUT2D eigenvalue weighted by atomic mass is 127. The first kappa shape index (κ1) is 22.0. The zero-order chi connectivity index (χ0) is 21.0. The molecule has 3 rings (SSSR count). The monoisotopic (exact) mass is 525 g/mol. The highest BCUT2D eigenvalue weighted by molar-refractivity contribution is 14.1. The topological polar surface area (TPSA) is 55.5 Å². The number of rotatable bonds is 6. The standard InChI is InChI=1S/C18H20F4IN5O/c19-14-4-2-1-3-13(14)12-27(8-5-26-6-9-28(23)10-7-26)17(29)15-11-16(25-24-15)18(20,21)22/h1-4,11H,5-10,12H2,(H,24,25). The second-order valence-electron chi connectivity index (χ2n) is 6.73. The number of benzene rings is 1. The zero-order valence-corrected chi connectivity index (χ0v) is 17.6. The third-order valence-electron chi connectivity index (χ3n) is 4.71. The van der Waals surface area contributed by atoms with Crippen molar-refractivity contribution in [2.24, 2.45) is 0 Å². The van der Waals surface area contributed by atoms with E-state index in [0.29, 0.717) is 18.2 Å². The first-order chi connectivity index (χ1) is 13.7. The maximum atomic E-state index is 14.1. The van der Waals surface area contributed by atoms with Crippen LogP contribution in [-0.2, 0) is 12.7 Å². The predicted octanol–water partition coefficient (Wildman–Crippen LogP) is 3.18. The van der Waals surface area contributed by atoms with E-state index in [2.05, 4.69) is 41.1 Å². The fourth-order valence-electron chi connectivity index (χ4n) is 3.04. The zero-order valence-electron chi connectivity index (χ0n) is 15.4. The van der Waals surface area contributed by atoms with Crippen molar-refractivity contribution < 1.29 is 22.4 Å². The molecule has 0 atom stereocenters. The van der Waals surface area contributed by atoms with E-state index in [4.69, 9.17) is 0 Å². The largest absolute Gasteiger partial charge is 0.435 e. The number of aromatic amines is 1. The molecule has 1 N–H and O–H groups in total. The Balaban J connectivity index is 1.75. The van der Waals surface area contributed by atoms with E-state index in [1.54, 1.807) is 18.2 Å². The van der Waals surface area contributed by atoms with Gasteiger partial charge in [-0.25, -0.2) is 7.50 Å². The maximum absolute atomic E-state index is 14.1. The molecule has 1 aliphatic heterocycles. The summed E-state index contributed by atoms with van der Waals surface area (Å²) < 4.78 is 54.7. The average Bonchev–Trinajstić information content (AvgIpc) is 3.18. The van der Waals surface area contributed by atoms with Crippen LogP contribution in [0.25, 0.3) is 0 Å². The Kier molecular flexibility index (Phi) is 7.11. The Labute approximate surface area is 179 Å². The number of alkyl halides is 3. The van der Waals surface area contributed by atoms with Crippen molar-refractivity contribution in [2.75, 3.05) is 39.3 Å². The number of hydrogen-bond donors (Lipinski definition) is 1. The van der Waals surface area contributed by atoms with Crippen LogP contribution in [-0.4, -0.2) is 68.3 Å². The summed E-state index contributed by atoms with van der Waals surface area (Å²) in [7, 11) is 0. The number of carbonyl (C=O) groups excluding carboxylic acids is 1. The summed E-state index contributed by atoms with van der Waals surface area (Å²) in [5, 5.41) is 5.35. The van der Waals surface area contributed by atoms with Gasteiger partial charge in [-0.1, -0.05) is 18.2 Å². The number of hydrogen-bond acceptors (Lipinski definition) is 4. The van der Waals surface area contributed by atoms with Gasteiger partial charge in [-0.05, 0) is 6.07 Å². The summed E-state index contributed by atoms with van der Waals surface area (Å²) in [6.07, 6.45) is -4.65. The summed E-state index contributed by atoms with van der Waals surface area (Å²) in [4.78, 5) is 16.4. The molecule has 2 heterocycles. The minimum absolute atomic E-state index is 0.0435. The predicted molar refractivity (Wildman–Crippen MR) is 107 cm³/mol. The van der Waals surface area contributed by atoms with E-state index in [-0.39, 0.29) is 18.8 Å². The molecule has 0 aliphatic carbocycles. The minimum atomic E-state index is -4.65. The molecular weight excluding hydrogens is 505 g/mol. The van der Waals surface area contributed by atoms with E-state index in [0.717, 1.165) is 26.2 Å². The fourth-order valence-corrected chi connectivity index (χ4v) is 3.47. The Morgan fingerprint density at radius 1 is 1.21 bits per heavy atom. The van der Waals surface area contributed by atoms with Gasteiger partial charge in [0.15, 0.2) is 5.69 Å². The molecule has 0 spiro atoms. The third kappa shape index (κ3) is 5.89. The van der Waals surface area contributed by atoms with Crippen molar-refractivity contribution in [3.63, 3.8) is 0 Å². The van der Waals surface area contributed by atoms with Crippen molar-refractivity contribution in [3.05, 3.63) is 53.1 Å². The van der Waals surface area contributed by atoms with Gasteiger partial charge in [-0.15, -0.1) is 0 Å². The number of nitrogens with one attached hydrogen (secondary N) is 1. The van der Waals surface area contributed by atoms with Crippen LogP contribution >= 0.6 is 22.9 Å². The van der Waals surface area contributed by atoms with Crippen LogP contribution in [0.3, 0.4) is 0 Å². The molecule has 11 heteroatoms. The van der Waals surface area contributed by atoms with Crippen molar-refractivity contribution >= 4 is 28.8 Å². The fraction of sp³-hybridized carbons (Fsp3) is 0.444. The summed E-state index contributed by atoms with van der Waals surface area (Å²) in [5.41, 5.74) is -1.14. The van der Waals surface area contributed by atoms with Gasteiger partial charge in [-0.3, -0.25) is 14.8 Å². The normalized spacial score (nSPS) is 16.2. The van der Waals surface area contributed by atoms with Crippen molar-refractivity contribution in [2.45, 2.75) is 12.7 Å². The maximum Gasteiger partial charge on any atom is 0.435 e. The van der Waals surface area contributed by atoms with Gasteiger partial charge in [0.1, 0.15) is 11.5 Å². The van der Waals surface area contributed by atoms with Gasteiger partial charge >= 0.3 is 6.18 Å². The van der Waals surface area contributed by atoms with Crippen LogP contribution in [0, 0.1) is 5.82 Å². The van der Waals surface area contributed by atoms with Gasteiger partial charge in [0.25, 0.3) is 5.91 Å². The first-order valence-corrected chi connectivity index (χ1v) is 9.99. The van der Waals surface area contributed by atoms with E-state index >= 15 is 0 Å². The van der Waals surface area contributed by atoms with Crippen LogP contribution in [0.15, 0.2) is 30.3 Å². The second kappa shape index (κ2) is 9.39. The molecule has 29 heavy (non-hydrogen) atoms. The van der Waals surface area contributed by atoms with E-state index in [9.17, 15) is 22.4 Å². The summed E-state index contributed by atoms with van der Waals surface area (Å²) in [5.74, 6) is -1.12. The number of halogens is 5. The molecule has 1 fully saturated rings. The Morgan fingerprint density at radius 2 is 1.90 bits per heavy atom. The molecule has 0 radical (unpaired) electrons. The number of aromatic nitrogens is 2. The van der Waals surface area contributed by atoms with Crippen LogP contribution < -0.4 is 0 Å². The van der Waals surface area contributed by atoms with E-state index in [1.807, 2.05) is 0 Å². The van der Waals surface area contributed by atoms with Gasteiger partial charge in [0, 0.05) is 80.3 Å². The van der Waals surface area contributed by atoms with Gasteiger partial charge in [0.05, 0.1) is 0 Å². The van der Waals surface area contributed by atoms with Gasteiger partial charge in [-0.2, -0.15) is 18.3 Å². The minimum Gasteiger partial charge on any atom is -0.332 e. The second-order valence-corrected chi connectivity index (χ2v) is 8.10. The first-order valence-electron chi connectivity index (χ1n) is 9.02. The number of amides is 1. The molecule has 1 saturated heterocycles. The lowest BCUT2D eigenvalue weighted by molar-refractivity contribution is -0.141. The number of H-pyrrole nitrogens is 1. The quantitative estimate of drug-likeness (QED) is 0.358. The summed E-state index contributed by atoms with van der Waals surface area (Å²) >= 11 is 2.25. The molecule has 158 valence electrons. The SMILES string of the molecule is O=C(c1cc(C(F)(F)F)n[nH]1)N(CCN1CCN(I)CC1)Cc1ccccc1F. The molecule has 6 nitrogen and oxygen atoms in total. The molecule has 2 aromatic rings. The molecule has 1 amide bonds. The molecule has 0 unspecified atom stereocenters. The Bertz CT molecular complexity index is 836. The number of carbonyl (C=O) groups is 1. The van der Waals surface area contributed by atoms with Gasteiger partial charge < -0.3 is 4.90 Å². The Hall–Kier alpha value is -1.73. The molecular formula is C18H20F4IN5O. The van der Waals surface area contributed by atoms with Crippen LogP contribution in [0.2, 0.25) is 0 Å². The third-order valence-corrected chi connectivity index (χ3v) is 5.67. The van der Waals surface area contributed by atoms with Crippen LogP contribution in [0.5, 0.6) is 0 Å². The van der Waals surface area contributed by atoms with Crippen LogP contribution in [0.4, 0.5) is 17.6 Å². The van der Waals surface area contributed by atoms with Crippen molar-refractivity contribution in [3.8, 4) is 0 Å². The number of nitrogens with zero attached hydrogens (tertiary/aromatic N) is 4. The smallest absolute Gasteiger partial charge is 0.332 e. The van der Waals surface area contributed by atoms with E-state index < -0.39 is 23.6 Å². The van der Waals surface area contributed by atoms with Crippen molar-refractivity contribution in [1.29, 1.82) is 0 Å². The highest BCUT2D eigenvalue weighted by Crippen LogP contribution is 2.28. The average molecular weight is 525 g/mol. The molecule has 1 aromatic heterocycles. The lowest BCUT2D eigenvalue weighted by Gasteiger charge is -2.33. The summed E-state index contributed by atoms with van der Waals surface area (Å²) in [6.45, 7) is 4.19. The Morgan fingerprint density at radius 3 is 2.52 bits per heavy atom. The summed E-state index contributed by atoms with van der Waals surface area (Å²) in [6, 6.07) is 6.72. The molecule has 1 aliphatic rings. The van der Waals surface area contributed by atoms with Crippen molar-refractivity contribution in [1.82, 2.24) is 23.1 Å². The lowest BCUT2D eigenvalue weighted by atomic mass is 10.2. The van der Waals surface area contributed by atoms with Crippen LogP contribution in [0.1, 0.15) is 21.7 Å². The van der Waals surface area contributed by atoms with Gasteiger partial charge in [0.2, 0.25) is 0 Å². The number of piperazine rings is 1. The van der Waals surface area contributed by atoms with E-state index in [1.165, 1.54) is 11.0 Å².